The molecule has 0 rings (SSSR count). The second-order valence-corrected chi connectivity index (χ2v) is 16.7. The number of ether oxygens (including phenoxy) is 3. The first kappa shape index (κ1) is 53.4. The zero-order chi connectivity index (χ0) is 40.1. The van der Waals surface area contributed by atoms with Crippen molar-refractivity contribution in [2.24, 2.45) is 0 Å². The van der Waals surface area contributed by atoms with Gasteiger partial charge in [0.05, 0.1) is 0 Å². The van der Waals surface area contributed by atoms with E-state index in [0.717, 1.165) is 64.2 Å². The van der Waals surface area contributed by atoms with Crippen molar-refractivity contribution in [2.45, 2.75) is 284 Å². The SMILES string of the molecule is CCCCCCCCCCCCCCCCCCCC(=O)OC[C@@H](COC(=O)CCCCCCC)OC(=O)CCCCCCCCCCCCCCCCC. The van der Waals surface area contributed by atoms with Gasteiger partial charge in [-0.2, -0.15) is 0 Å². The number of carbonyl (C=O) groups is 3. The van der Waals surface area contributed by atoms with Gasteiger partial charge in [0.1, 0.15) is 13.2 Å². The standard InChI is InChI=1S/C49H94O6/c1-4-7-10-13-15-17-19-21-23-24-26-27-29-31-33-36-39-42-48(51)54-45-46(44-53-47(50)41-38-35-12-9-6-3)55-49(52)43-40-37-34-32-30-28-25-22-20-18-16-14-11-8-5-2/h46H,4-45H2,1-3H3/t46-/m1/s1. The molecule has 0 amide bonds. The zero-order valence-electron chi connectivity index (χ0n) is 37.2. The van der Waals surface area contributed by atoms with E-state index in [1.165, 1.54) is 173 Å². The van der Waals surface area contributed by atoms with Gasteiger partial charge in [0.2, 0.25) is 0 Å². The third-order valence-corrected chi connectivity index (χ3v) is 11.1. The van der Waals surface area contributed by atoms with Crippen molar-refractivity contribution >= 4 is 17.9 Å². The summed E-state index contributed by atoms with van der Waals surface area (Å²) in [6.45, 7) is 6.59. The van der Waals surface area contributed by atoms with Crippen LogP contribution in [0, 0.1) is 0 Å². The fourth-order valence-corrected chi connectivity index (χ4v) is 7.38. The summed E-state index contributed by atoms with van der Waals surface area (Å²) in [5, 5.41) is 0. The monoisotopic (exact) mass is 779 g/mol. The van der Waals surface area contributed by atoms with Crippen molar-refractivity contribution in [1.29, 1.82) is 0 Å². The van der Waals surface area contributed by atoms with Gasteiger partial charge in [-0.1, -0.05) is 239 Å². The van der Waals surface area contributed by atoms with E-state index in [1.54, 1.807) is 0 Å². The van der Waals surface area contributed by atoms with Crippen molar-refractivity contribution in [2.75, 3.05) is 13.2 Å². The Kier molecular flexibility index (Phi) is 43.8. The van der Waals surface area contributed by atoms with Crippen molar-refractivity contribution in [3.63, 3.8) is 0 Å². The van der Waals surface area contributed by atoms with E-state index in [9.17, 15) is 14.4 Å². The maximum atomic E-state index is 12.7. The molecule has 0 aliphatic carbocycles. The van der Waals surface area contributed by atoms with Gasteiger partial charge in [-0.15, -0.1) is 0 Å². The van der Waals surface area contributed by atoms with Gasteiger partial charge >= 0.3 is 17.9 Å². The highest BCUT2D eigenvalue weighted by molar-refractivity contribution is 5.71. The molecule has 326 valence electrons. The van der Waals surface area contributed by atoms with Crippen LogP contribution in [-0.4, -0.2) is 37.2 Å². The molecule has 0 aliphatic heterocycles. The van der Waals surface area contributed by atoms with E-state index >= 15 is 0 Å². The number of hydrogen-bond donors (Lipinski definition) is 0. The van der Waals surface area contributed by atoms with Gasteiger partial charge in [-0.3, -0.25) is 14.4 Å². The Bertz CT molecular complexity index is 813. The van der Waals surface area contributed by atoms with Crippen LogP contribution in [0.4, 0.5) is 0 Å². The van der Waals surface area contributed by atoms with Gasteiger partial charge < -0.3 is 14.2 Å². The summed E-state index contributed by atoms with van der Waals surface area (Å²) in [6.07, 6.45) is 46.9. The smallest absolute Gasteiger partial charge is 0.306 e. The summed E-state index contributed by atoms with van der Waals surface area (Å²) in [5.74, 6) is -0.860. The summed E-state index contributed by atoms with van der Waals surface area (Å²) in [4.78, 5) is 37.6. The molecule has 0 radical (unpaired) electrons. The Balaban J connectivity index is 4.12. The highest BCUT2D eigenvalue weighted by Crippen LogP contribution is 2.16. The predicted molar refractivity (Wildman–Crippen MR) is 233 cm³/mol. The average molecular weight is 779 g/mol. The number of rotatable bonds is 45. The van der Waals surface area contributed by atoms with E-state index in [0.29, 0.717) is 19.3 Å². The minimum Gasteiger partial charge on any atom is -0.462 e. The van der Waals surface area contributed by atoms with Crippen molar-refractivity contribution in [3.8, 4) is 0 Å². The van der Waals surface area contributed by atoms with Crippen LogP contribution in [-0.2, 0) is 28.6 Å². The Morgan fingerprint density at radius 1 is 0.291 bits per heavy atom. The molecule has 0 heterocycles. The average Bonchev–Trinajstić information content (AvgIpc) is 3.18. The molecule has 0 saturated heterocycles. The topological polar surface area (TPSA) is 78.9 Å². The van der Waals surface area contributed by atoms with Crippen molar-refractivity contribution in [3.05, 3.63) is 0 Å². The molecule has 0 unspecified atom stereocenters. The molecule has 0 N–H and O–H groups in total. The Labute approximate surface area is 342 Å². The highest BCUT2D eigenvalue weighted by Gasteiger charge is 2.19. The molecule has 0 aromatic rings. The molecule has 6 nitrogen and oxygen atoms in total. The molecule has 0 aromatic heterocycles. The van der Waals surface area contributed by atoms with Crippen LogP contribution in [0.15, 0.2) is 0 Å². The summed E-state index contributed by atoms with van der Waals surface area (Å²) in [7, 11) is 0. The second-order valence-electron chi connectivity index (χ2n) is 16.7. The highest BCUT2D eigenvalue weighted by atomic mass is 16.6. The van der Waals surface area contributed by atoms with E-state index in [4.69, 9.17) is 14.2 Å². The largest absolute Gasteiger partial charge is 0.462 e. The van der Waals surface area contributed by atoms with Crippen LogP contribution >= 0.6 is 0 Å². The van der Waals surface area contributed by atoms with Crippen LogP contribution < -0.4 is 0 Å². The van der Waals surface area contributed by atoms with Gasteiger partial charge in [-0.25, -0.2) is 0 Å². The van der Waals surface area contributed by atoms with Crippen LogP contribution in [0.3, 0.4) is 0 Å². The van der Waals surface area contributed by atoms with Crippen LogP contribution in [0.5, 0.6) is 0 Å². The molecule has 0 aromatic carbocycles. The summed E-state index contributed by atoms with van der Waals surface area (Å²) in [6, 6.07) is 0. The Morgan fingerprint density at radius 2 is 0.491 bits per heavy atom. The molecule has 0 aliphatic rings. The first-order valence-corrected chi connectivity index (χ1v) is 24.5. The second kappa shape index (κ2) is 45.1. The van der Waals surface area contributed by atoms with Crippen molar-refractivity contribution in [1.82, 2.24) is 0 Å². The van der Waals surface area contributed by atoms with E-state index < -0.39 is 6.10 Å². The summed E-state index contributed by atoms with van der Waals surface area (Å²) < 4.78 is 16.7. The molecule has 0 bridgehead atoms. The Hall–Kier alpha value is -1.59. The summed E-state index contributed by atoms with van der Waals surface area (Å²) in [5.41, 5.74) is 0. The van der Waals surface area contributed by atoms with Crippen LogP contribution in [0.2, 0.25) is 0 Å². The molecule has 55 heavy (non-hydrogen) atoms. The molecule has 0 spiro atoms. The molecule has 1 atom stereocenters. The van der Waals surface area contributed by atoms with E-state index in [-0.39, 0.29) is 31.1 Å². The summed E-state index contributed by atoms with van der Waals surface area (Å²) >= 11 is 0. The van der Waals surface area contributed by atoms with Crippen LogP contribution in [0.25, 0.3) is 0 Å². The van der Waals surface area contributed by atoms with Gasteiger partial charge in [0.25, 0.3) is 0 Å². The quantitative estimate of drug-likeness (QED) is 0.0348. The number of carbonyl (C=O) groups excluding carboxylic acids is 3. The number of esters is 3. The normalized spacial score (nSPS) is 11.8. The minimum atomic E-state index is -0.757. The number of hydrogen-bond acceptors (Lipinski definition) is 6. The Morgan fingerprint density at radius 3 is 0.727 bits per heavy atom. The van der Waals surface area contributed by atoms with Gasteiger partial charge in [0, 0.05) is 19.3 Å². The molecule has 0 saturated carbocycles. The zero-order valence-corrected chi connectivity index (χ0v) is 37.2. The maximum absolute atomic E-state index is 12.7. The van der Waals surface area contributed by atoms with Gasteiger partial charge in [-0.05, 0) is 19.3 Å². The lowest BCUT2D eigenvalue weighted by molar-refractivity contribution is -0.167. The first-order chi connectivity index (χ1) is 27.0. The molecule has 0 fully saturated rings. The third-order valence-electron chi connectivity index (χ3n) is 11.1. The maximum Gasteiger partial charge on any atom is 0.306 e. The molecular weight excluding hydrogens is 685 g/mol. The lowest BCUT2D eigenvalue weighted by Gasteiger charge is -2.18. The van der Waals surface area contributed by atoms with Crippen LogP contribution in [0.1, 0.15) is 278 Å². The predicted octanol–water partition coefficient (Wildman–Crippen LogP) is 15.6. The number of unbranched alkanes of at least 4 members (excludes halogenated alkanes) is 34. The molecule has 6 heteroatoms. The first-order valence-electron chi connectivity index (χ1n) is 24.5. The fraction of sp³-hybridized carbons (Fsp3) is 0.939. The third kappa shape index (κ3) is 43.4. The lowest BCUT2D eigenvalue weighted by atomic mass is 10.0. The van der Waals surface area contributed by atoms with Crippen molar-refractivity contribution < 1.29 is 28.6 Å². The van der Waals surface area contributed by atoms with E-state index in [1.807, 2.05) is 0 Å². The lowest BCUT2D eigenvalue weighted by Crippen LogP contribution is -2.30. The van der Waals surface area contributed by atoms with E-state index in [2.05, 4.69) is 20.8 Å². The molecular formula is C49H94O6. The van der Waals surface area contributed by atoms with Gasteiger partial charge in [0.15, 0.2) is 6.10 Å². The minimum absolute atomic E-state index is 0.0633. The fourth-order valence-electron chi connectivity index (χ4n) is 7.38.